The number of hydrogen-bond acceptors (Lipinski definition) is 4. The molecule has 0 fully saturated rings. The van der Waals surface area contributed by atoms with E-state index in [2.05, 4.69) is 9.97 Å². The van der Waals surface area contributed by atoms with Crippen molar-refractivity contribution in [3.8, 4) is 17.3 Å². The van der Waals surface area contributed by atoms with Gasteiger partial charge >= 0.3 is 0 Å². The summed E-state index contributed by atoms with van der Waals surface area (Å²) in [5.41, 5.74) is 0.869. The number of ketones is 1. The third kappa shape index (κ3) is 2.89. The number of aromatic nitrogens is 3. The first-order valence-electron chi connectivity index (χ1n) is 8.13. The highest BCUT2D eigenvalue weighted by Crippen LogP contribution is 2.25. The Morgan fingerprint density at radius 1 is 1.19 bits per heavy atom. The molecule has 2 heterocycles. The number of para-hydroxylation sites is 1. The molecule has 2 N–H and O–H groups in total. The lowest BCUT2D eigenvalue weighted by Crippen LogP contribution is -2.10. The molecule has 0 aliphatic carbocycles. The van der Waals surface area contributed by atoms with Crippen molar-refractivity contribution in [1.82, 2.24) is 14.5 Å². The summed E-state index contributed by atoms with van der Waals surface area (Å²) in [5.74, 6) is -1.14. The number of halogens is 1. The van der Waals surface area contributed by atoms with Gasteiger partial charge in [-0.25, -0.2) is 9.37 Å². The summed E-state index contributed by atoms with van der Waals surface area (Å²) >= 11 is 0. The molecular weight excluding hydrogens is 349 g/mol. The monoisotopic (exact) mass is 363 g/mol. The molecule has 7 heteroatoms. The highest BCUT2D eigenvalue weighted by atomic mass is 19.1. The van der Waals surface area contributed by atoms with Crippen LogP contribution in [0.3, 0.4) is 0 Å². The second-order valence-corrected chi connectivity index (χ2v) is 6.15. The fourth-order valence-corrected chi connectivity index (χ4v) is 2.98. The number of nitrogens with zero attached hydrogens (tertiary/aromatic N) is 2. The number of aromatic hydroxyl groups is 1. The number of carbonyl (C=O) groups is 1. The molecule has 4 rings (SSSR count). The second-order valence-electron chi connectivity index (χ2n) is 6.15. The van der Waals surface area contributed by atoms with Crippen molar-refractivity contribution in [2.75, 3.05) is 0 Å². The first-order valence-corrected chi connectivity index (χ1v) is 8.13. The quantitative estimate of drug-likeness (QED) is 0.548. The largest absolute Gasteiger partial charge is 0.507 e. The van der Waals surface area contributed by atoms with Crippen LogP contribution in [0.2, 0.25) is 0 Å². The molecule has 0 bridgehead atoms. The minimum absolute atomic E-state index is 0.132. The number of aryl methyl sites for hydroxylation is 1. The van der Waals surface area contributed by atoms with E-state index in [1.165, 1.54) is 6.20 Å². The van der Waals surface area contributed by atoms with Gasteiger partial charge in [0.2, 0.25) is 0 Å². The fourth-order valence-electron chi connectivity index (χ4n) is 2.98. The minimum Gasteiger partial charge on any atom is -0.507 e. The predicted molar refractivity (Wildman–Crippen MR) is 98.3 cm³/mol. The van der Waals surface area contributed by atoms with Gasteiger partial charge in [-0.3, -0.25) is 9.59 Å². The molecule has 0 aliphatic heterocycles. The highest BCUT2D eigenvalue weighted by molar-refractivity contribution is 6.11. The van der Waals surface area contributed by atoms with E-state index in [1.807, 2.05) is 0 Å². The van der Waals surface area contributed by atoms with E-state index in [0.29, 0.717) is 22.4 Å². The number of benzene rings is 2. The number of fused-ring (bicyclic) bond motifs is 1. The third-order valence-corrected chi connectivity index (χ3v) is 4.33. The Bertz CT molecular complexity index is 1260. The maximum Gasteiger partial charge on any atom is 0.259 e. The van der Waals surface area contributed by atoms with Gasteiger partial charge in [-0.1, -0.05) is 12.1 Å². The van der Waals surface area contributed by atoms with E-state index in [4.69, 9.17) is 0 Å². The van der Waals surface area contributed by atoms with Crippen LogP contribution < -0.4 is 5.56 Å². The zero-order valence-electron chi connectivity index (χ0n) is 14.2. The summed E-state index contributed by atoms with van der Waals surface area (Å²) in [6, 6.07) is 11.7. The van der Waals surface area contributed by atoms with Gasteiger partial charge in [-0.05, 0) is 36.4 Å². The molecule has 0 saturated heterocycles. The maximum absolute atomic E-state index is 13.4. The van der Waals surface area contributed by atoms with Crippen LogP contribution in [-0.2, 0) is 7.05 Å². The summed E-state index contributed by atoms with van der Waals surface area (Å²) in [5, 5.41) is 10.3. The first-order chi connectivity index (χ1) is 12.9. The summed E-state index contributed by atoms with van der Waals surface area (Å²) in [4.78, 5) is 32.1. The van der Waals surface area contributed by atoms with Crippen LogP contribution in [-0.4, -0.2) is 25.4 Å². The van der Waals surface area contributed by atoms with Gasteiger partial charge in [-0.15, -0.1) is 0 Å². The predicted octanol–water partition coefficient (Wildman–Crippen LogP) is 3.00. The maximum atomic E-state index is 13.4. The highest BCUT2D eigenvalue weighted by Gasteiger charge is 2.19. The van der Waals surface area contributed by atoms with E-state index in [0.717, 1.165) is 18.2 Å². The van der Waals surface area contributed by atoms with Crippen LogP contribution in [0.4, 0.5) is 4.39 Å². The zero-order chi connectivity index (χ0) is 19.1. The van der Waals surface area contributed by atoms with Gasteiger partial charge in [0.15, 0.2) is 11.6 Å². The molecule has 2 aromatic heterocycles. The Kier molecular flexibility index (Phi) is 3.84. The summed E-state index contributed by atoms with van der Waals surface area (Å²) < 4.78 is 15.1. The smallest absolute Gasteiger partial charge is 0.259 e. The number of phenols is 1. The molecule has 6 nitrogen and oxygen atoms in total. The van der Waals surface area contributed by atoms with E-state index in [1.54, 1.807) is 41.9 Å². The van der Waals surface area contributed by atoms with Crippen molar-refractivity contribution in [1.29, 1.82) is 0 Å². The summed E-state index contributed by atoms with van der Waals surface area (Å²) in [7, 11) is 1.70. The van der Waals surface area contributed by atoms with Gasteiger partial charge in [0.25, 0.3) is 5.56 Å². The van der Waals surface area contributed by atoms with Crippen LogP contribution in [0.1, 0.15) is 15.9 Å². The molecule has 0 amide bonds. The lowest BCUT2D eigenvalue weighted by molar-refractivity contribution is 0.103. The van der Waals surface area contributed by atoms with E-state index in [9.17, 15) is 19.1 Å². The van der Waals surface area contributed by atoms with E-state index >= 15 is 0 Å². The Labute approximate surface area is 152 Å². The Balaban J connectivity index is 1.81. The van der Waals surface area contributed by atoms with Crippen LogP contribution in [0.5, 0.6) is 5.75 Å². The summed E-state index contributed by atoms with van der Waals surface area (Å²) in [6.07, 6.45) is 1.54. The van der Waals surface area contributed by atoms with Crippen molar-refractivity contribution in [3.05, 3.63) is 82.0 Å². The molecule has 134 valence electrons. The second kappa shape index (κ2) is 6.21. The van der Waals surface area contributed by atoms with Gasteiger partial charge in [-0.2, -0.15) is 0 Å². The number of rotatable bonds is 3. The molecule has 0 radical (unpaired) electrons. The van der Waals surface area contributed by atoms with E-state index in [-0.39, 0.29) is 22.4 Å². The molecule has 0 spiro atoms. The summed E-state index contributed by atoms with van der Waals surface area (Å²) in [6.45, 7) is 0. The van der Waals surface area contributed by atoms with Crippen molar-refractivity contribution in [2.24, 2.45) is 7.05 Å². The molecule has 0 saturated carbocycles. The number of aromatic amines is 1. The number of nitrogens with one attached hydrogen (secondary N) is 1. The lowest BCUT2D eigenvalue weighted by Gasteiger charge is -2.03. The Morgan fingerprint density at radius 3 is 2.78 bits per heavy atom. The van der Waals surface area contributed by atoms with Crippen LogP contribution in [0, 0.1) is 5.82 Å². The molecule has 27 heavy (non-hydrogen) atoms. The molecule has 0 atom stereocenters. The topological polar surface area (TPSA) is 88.0 Å². The molecule has 0 aliphatic rings. The standard InChI is InChI=1S/C20H14FN3O3/c1-24-10-11(18(26)14-9-12(21)6-7-17(14)25)8-16(24)19-22-15-5-3-2-4-13(15)20(27)23-19/h2-10,25H,1H3,(H,22,23,27). The van der Waals surface area contributed by atoms with E-state index < -0.39 is 11.6 Å². The Hall–Kier alpha value is -3.74. The lowest BCUT2D eigenvalue weighted by atomic mass is 10.0. The number of carbonyl (C=O) groups excluding carboxylic acids is 1. The normalized spacial score (nSPS) is 11.0. The number of phenolic OH excluding ortho intramolecular Hbond substituents is 1. The SMILES string of the molecule is Cn1cc(C(=O)c2cc(F)ccc2O)cc1-c1nc2ccccc2c(=O)[nH]1. The van der Waals surface area contributed by atoms with Gasteiger partial charge in [0.1, 0.15) is 11.6 Å². The van der Waals surface area contributed by atoms with Crippen LogP contribution in [0.15, 0.2) is 59.5 Å². The fraction of sp³-hybridized carbons (Fsp3) is 0.0500. The van der Waals surface area contributed by atoms with Gasteiger partial charge in [0, 0.05) is 18.8 Å². The van der Waals surface area contributed by atoms with Crippen molar-refractivity contribution in [3.63, 3.8) is 0 Å². The number of H-pyrrole nitrogens is 1. The number of hydrogen-bond donors (Lipinski definition) is 2. The molecule has 2 aromatic carbocycles. The average Bonchev–Trinajstić information content (AvgIpc) is 3.05. The van der Waals surface area contributed by atoms with Crippen molar-refractivity contribution < 1.29 is 14.3 Å². The van der Waals surface area contributed by atoms with Crippen molar-refractivity contribution >= 4 is 16.7 Å². The van der Waals surface area contributed by atoms with Gasteiger partial charge < -0.3 is 14.7 Å². The third-order valence-electron chi connectivity index (χ3n) is 4.33. The zero-order valence-corrected chi connectivity index (χ0v) is 14.2. The average molecular weight is 363 g/mol. The molecule has 0 unspecified atom stereocenters. The van der Waals surface area contributed by atoms with Crippen LogP contribution in [0.25, 0.3) is 22.4 Å². The van der Waals surface area contributed by atoms with Gasteiger partial charge in [0.05, 0.1) is 22.2 Å². The Morgan fingerprint density at radius 2 is 1.96 bits per heavy atom. The minimum atomic E-state index is -0.618. The molecule has 4 aromatic rings. The molecular formula is C20H14FN3O3. The van der Waals surface area contributed by atoms with Crippen molar-refractivity contribution in [2.45, 2.75) is 0 Å². The first kappa shape index (κ1) is 16.7. The van der Waals surface area contributed by atoms with Crippen LogP contribution >= 0.6 is 0 Å².